The lowest BCUT2D eigenvalue weighted by molar-refractivity contribution is 0.0211. The lowest BCUT2D eigenvalue weighted by Crippen LogP contribution is -2.35. The van der Waals surface area contributed by atoms with Crippen LogP contribution in [-0.2, 0) is 12.6 Å². The molecule has 0 bridgehead atoms. The van der Waals surface area contributed by atoms with E-state index in [2.05, 4.69) is 25.1 Å². The van der Waals surface area contributed by atoms with Crippen LogP contribution in [0.4, 0.5) is 4.39 Å². The van der Waals surface area contributed by atoms with Gasteiger partial charge in [-0.25, -0.2) is 4.39 Å². The standard InChI is InChI=1S/C24H27FN2O2/c1-16-5-10-21-20(15-16)17(2)22(26(21)3)23(28)27-13-4-11-24(29,12-14-27)18-6-8-19(25)9-7-18/h5-10,15,29H,4,11-14H2,1-3H3/t24-/m0/s1. The van der Waals surface area contributed by atoms with Crippen LogP contribution in [0.1, 0.15) is 46.4 Å². The number of aromatic nitrogens is 1. The first-order valence-electron chi connectivity index (χ1n) is 10.1. The number of rotatable bonds is 2. The van der Waals surface area contributed by atoms with E-state index in [0.717, 1.165) is 16.5 Å². The topological polar surface area (TPSA) is 45.5 Å². The number of carbonyl (C=O) groups excluding carboxylic acids is 1. The highest BCUT2D eigenvalue weighted by molar-refractivity contribution is 6.01. The Morgan fingerprint density at radius 2 is 1.79 bits per heavy atom. The van der Waals surface area contributed by atoms with Crippen LogP contribution in [0.2, 0.25) is 0 Å². The van der Waals surface area contributed by atoms with E-state index in [9.17, 15) is 14.3 Å². The Hall–Kier alpha value is -2.66. The fraction of sp³-hybridized carbons (Fsp3) is 0.375. The molecule has 2 aromatic carbocycles. The first-order valence-corrected chi connectivity index (χ1v) is 10.1. The number of carbonyl (C=O) groups is 1. The van der Waals surface area contributed by atoms with Crippen molar-refractivity contribution >= 4 is 16.8 Å². The lowest BCUT2D eigenvalue weighted by Gasteiger charge is -2.27. The number of halogens is 1. The van der Waals surface area contributed by atoms with E-state index in [1.54, 1.807) is 12.1 Å². The first kappa shape index (κ1) is 19.6. The zero-order valence-corrected chi connectivity index (χ0v) is 17.2. The van der Waals surface area contributed by atoms with Crippen LogP contribution in [0, 0.1) is 19.7 Å². The predicted molar refractivity (Wildman–Crippen MR) is 112 cm³/mol. The van der Waals surface area contributed by atoms with E-state index in [-0.39, 0.29) is 11.7 Å². The van der Waals surface area contributed by atoms with Crippen LogP contribution in [0.25, 0.3) is 10.9 Å². The summed E-state index contributed by atoms with van der Waals surface area (Å²) in [4.78, 5) is 15.3. The summed E-state index contributed by atoms with van der Waals surface area (Å²) in [5.41, 5.74) is 3.60. The first-order chi connectivity index (χ1) is 13.8. The summed E-state index contributed by atoms with van der Waals surface area (Å²) in [6.45, 7) is 5.12. The molecule has 1 aliphatic rings. The average molecular weight is 394 g/mol. The third-order valence-electron chi connectivity index (χ3n) is 6.29. The highest BCUT2D eigenvalue weighted by Gasteiger charge is 2.34. The van der Waals surface area contributed by atoms with Gasteiger partial charge in [0.25, 0.3) is 5.91 Å². The predicted octanol–water partition coefficient (Wildman–Crippen LogP) is 4.45. The second-order valence-corrected chi connectivity index (χ2v) is 8.24. The van der Waals surface area contributed by atoms with Gasteiger partial charge in [-0.15, -0.1) is 0 Å². The summed E-state index contributed by atoms with van der Waals surface area (Å²) < 4.78 is 15.2. The van der Waals surface area contributed by atoms with Gasteiger partial charge >= 0.3 is 0 Å². The molecule has 2 heterocycles. The third kappa shape index (κ3) is 3.44. The van der Waals surface area contributed by atoms with Crippen molar-refractivity contribution in [2.24, 2.45) is 7.05 Å². The Balaban J connectivity index is 1.61. The highest BCUT2D eigenvalue weighted by Crippen LogP contribution is 2.34. The number of aliphatic hydroxyl groups is 1. The number of aryl methyl sites for hydroxylation is 3. The summed E-state index contributed by atoms with van der Waals surface area (Å²) in [7, 11) is 1.94. The molecule has 1 N–H and O–H groups in total. The van der Waals surface area contributed by atoms with Crippen LogP contribution >= 0.6 is 0 Å². The van der Waals surface area contributed by atoms with Gasteiger partial charge in [-0.3, -0.25) is 4.79 Å². The van der Waals surface area contributed by atoms with Crippen molar-refractivity contribution in [2.75, 3.05) is 13.1 Å². The smallest absolute Gasteiger partial charge is 0.270 e. The zero-order chi connectivity index (χ0) is 20.8. The van der Waals surface area contributed by atoms with Gasteiger partial charge in [0, 0.05) is 31.0 Å². The van der Waals surface area contributed by atoms with Crippen LogP contribution in [0.15, 0.2) is 42.5 Å². The Bertz CT molecular complexity index is 1070. The fourth-order valence-corrected chi connectivity index (χ4v) is 4.57. The van der Waals surface area contributed by atoms with E-state index in [1.165, 1.54) is 17.7 Å². The molecule has 0 unspecified atom stereocenters. The van der Waals surface area contributed by atoms with E-state index in [4.69, 9.17) is 0 Å². The lowest BCUT2D eigenvalue weighted by atomic mass is 9.87. The molecule has 152 valence electrons. The third-order valence-corrected chi connectivity index (χ3v) is 6.29. The largest absolute Gasteiger partial charge is 0.385 e. The van der Waals surface area contributed by atoms with Crippen molar-refractivity contribution in [1.29, 1.82) is 0 Å². The maximum Gasteiger partial charge on any atom is 0.270 e. The summed E-state index contributed by atoms with van der Waals surface area (Å²) in [5, 5.41) is 12.3. The van der Waals surface area contributed by atoms with Gasteiger partial charge in [-0.1, -0.05) is 23.8 Å². The van der Waals surface area contributed by atoms with E-state index in [0.29, 0.717) is 43.6 Å². The Labute approximate surface area is 170 Å². The maximum absolute atomic E-state index is 13.4. The summed E-state index contributed by atoms with van der Waals surface area (Å²) in [6, 6.07) is 12.3. The minimum absolute atomic E-state index is 0.00205. The van der Waals surface area contributed by atoms with E-state index in [1.807, 2.05) is 23.4 Å². The normalized spacial score (nSPS) is 20.1. The van der Waals surface area contributed by atoms with E-state index < -0.39 is 5.60 Å². The Morgan fingerprint density at radius 1 is 1.07 bits per heavy atom. The average Bonchev–Trinajstić information content (AvgIpc) is 2.83. The minimum atomic E-state index is -1.03. The van der Waals surface area contributed by atoms with Crippen molar-refractivity contribution in [3.05, 3.63) is 70.7 Å². The number of likely N-dealkylation sites (tertiary alicyclic amines) is 1. The van der Waals surface area contributed by atoms with Gasteiger partial charge in [0.15, 0.2) is 0 Å². The molecule has 5 heteroatoms. The SMILES string of the molecule is Cc1ccc2c(c1)c(C)c(C(=O)N1CCC[C@@](O)(c3ccc(F)cc3)CC1)n2C. The molecule has 0 saturated carbocycles. The molecule has 1 atom stereocenters. The number of hydrogen-bond donors (Lipinski definition) is 1. The monoisotopic (exact) mass is 394 g/mol. The molecule has 3 aromatic rings. The Morgan fingerprint density at radius 3 is 2.52 bits per heavy atom. The minimum Gasteiger partial charge on any atom is -0.385 e. The van der Waals surface area contributed by atoms with Gasteiger partial charge in [-0.05, 0) is 68.5 Å². The van der Waals surface area contributed by atoms with Crippen molar-refractivity contribution in [1.82, 2.24) is 9.47 Å². The number of hydrogen-bond acceptors (Lipinski definition) is 2. The van der Waals surface area contributed by atoms with Crippen molar-refractivity contribution < 1.29 is 14.3 Å². The zero-order valence-electron chi connectivity index (χ0n) is 17.2. The van der Waals surface area contributed by atoms with Gasteiger partial charge < -0.3 is 14.6 Å². The van der Waals surface area contributed by atoms with Crippen molar-refractivity contribution in [2.45, 2.75) is 38.7 Å². The molecular formula is C24H27FN2O2. The molecule has 1 aliphatic heterocycles. The van der Waals surface area contributed by atoms with Crippen molar-refractivity contribution in [3.63, 3.8) is 0 Å². The van der Waals surface area contributed by atoms with Crippen LogP contribution in [-0.4, -0.2) is 33.6 Å². The van der Waals surface area contributed by atoms with Crippen LogP contribution in [0.3, 0.4) is 0 Å². The Kier molecular flexibility index (Phi) is 4.95. The van der Waals surface area contributed by atoms with Crippen molar-refractivity contribution in [3.8, 4) is 0 Å². The second-order valence-electron chi connectivity index (χ2n) is 8.24. The second kappa shape index (κ2) is 7.30. The number of amides is 1. The van der Waals surface area contributed by atoms with Gasteiger partial charge in [-0.2, -0.15) is 0 Å². The van der Waals surface area contributed by atoms with Crippen LogP contribution < -0.4 is 0 Å². The molecule has 29 heavy (non-hydrogen) atoms. The van der Waals surface area contributed by atoms with Crippen LogP contribution in [0.5, 0.6) is 0 Å². The summed E-state index contributed by atoms with van der Waals surface area (Å²) >= 11 is 0. The highest BCUT2D eigenvalue weighted by atomic mass is 19.1. The molecule has 1 aromatic heterocycles. The number of fused-ring (bicyclic) bond motifs is 1. The molecule has 1 amide bonds. The van der Waals surface area contributed by atoms with Gasteiger partial charge in [0.05, 0.1) is 5.60 Å². The molecule has 1 fully saturated rings. The summed E-state index contributed by atoms with van der Waals surface area (Å²) in [6.07, 6.45) is 1.68. The molecule has 0 radical (unpaired) electrons. The van der Waals surface area contributed by atoms with Gasteiger partial charge in [0.2, 0.25) is 0 Å². The van der Waals surface area contributed by atoms with Gasteiger partial charge in [0.1, 0.15) is 11.5 Å². The molecule has 1 saturated heterocycles. The quantitative estimate of drug-likeness (QED) is 0.698. The van der Waals surface area contributed by atoms with E-state index >= 15 is 0 Å². The molecule has 0 spiro atoms. The number of benzene rings is 2. The maximum atomic E-state index is 13.4. The fourth-order valence-electron chi connectivity index (χ4n) is 4.57. The molecular weight excluding hydrogens is 367 g/mol. The molecule has 4 rings (SSSR count). The summed E-state index contributed by atoms with van der Waals surface area (Å²) in [5.74, 6) is -0.313. The molecule has 4 nitrogen and oxygen atoms in total. The molecule has 0 aliphatic carbocycles. The number of nitrogens with zero attached hydrogens (tertiary/aromatic N) is 2.